The number of hydrogen-bond acceptors (Lipinski definition) is 3. The van der Waals surface area contributed by atoms with Crippen LogP contribution in [-0.4, -0.2) is 36.1 Å². The lowest BCUT2D eigenvalue weighted by atomic mass is 9.86. The molecule has 0 aromatic rings. The molecule has 0 bridgehead atoms. The highest BCUT2D eigenvalue weighted by atomic mass is 15.1. The van der Waals surface area contributed by atoms with E-state index in [9.17, 15) is 5.26 Å². The van der Waals surface area contributed by atoms with Gasteiger partial charge in [-0.1, -0.05) is 13.8 Å². The summed E-state index contributed by atoms with van der Waals surface area (Å²) >= 11 is 0. The van der Waals surface area contributed by atoms with Crippen molar-refractivity contribution in [3.63, 3.8) is 0 Å². The topological polar surface area (TPSA) is 39.1 Å². The largest absolute Gasteiger partial charge is 0.303 e. The number of nitrogens with zero attached hydrogens (tertiary/aromatic N) is 2. The van der Waals surface area contributed by atoms with Crippen molar-refractivity contribution >= 4 is 0 Å². The van der Waals surface area contributed by atoms with Gasteiger partial charge in [-0.25, -0.2) is 0 Å². The molecule has 3 nitrogen and oxygen atoms in total. The maximum Gasteiger partial charge on any atom is 0.106 e. The summed E-state index contributed by atoms with van der Waals surface area (Å²) in [4.78, 5) is 2.53. The van der Waals surface area contributed by atoms with Gasteiger partial charge in [-0.3, -0.25) is 5.32 Å². The first-order chi connectivity index (χ1) is 9.92. The Balaban J connectivity index is 2.38. The van der Waals surface area contributed by atoms with Gasteiger partial charge in [0.2, 0.25) is 0 Å². The van der Waals surface area contributed by atoms with Crippen LogP contribution >= 0.6 is 0 Å². The molecule has 1 fully saturated rings. The molecule has 1 N–H and O–H groups in total. The van der Waals surface area contributed by atoms with E-state index in [1.165, 1.54) is 25.7 Å². The highest BCUT2D eigenvalue weighted by molar-refractivity contribution is 5.06. The fourth-order valence-electron chi connectivity index (χ4n) is 3.57. The summed E-state index contributed by atoms with van der Waals surface area (Å²) in [6.07, 6.45) is 8.38. The summed E-state index contributed by atoms with van der Waals surface area (Å²) in [5, 5.41) is 13.0. The Morgan fingerprint density at radius 1 is 1.29 bits per heavy atom. The van der Waals surface area contributed by atoms with E-state index < -0.39 is 0 Å². The third-order valence-electron chi connectivity index (χ3n) is 5.11. The zero-order valence-corrected chi connectivity index (χ0v) is 14.8. The van der Waals surface area contributed by atoms with Crippen LogP contribution in [-0.2, 0) is 0 Å². The highest BCUT2D eigenvalue weighted by Gasteiger charge is 2.28. The molecule has 0 saturated heterocycles. The third kappa shape index (κ3) is 5.96. The first-order valence-electron chi connectivity index (χ1n) is 8.81. The molecule has 1 saturated carbocycles. The van der Waals surface area contributed by atoms with E-state index in [1.54, 1.807) is 0 Å². The van der Waals surface area contributed by atoms with Gasteiger partial charge >= 0.3 is 0 Å². The molecule has 0 heterocycles. The van der Waals surface area contributed by atoms with Crippen LogP contribution in [0.4, 0.5) is 0 Å². The van der Waals surface area contributed by atoms with Crippen LogP contribution < -0.4 is 5.32 Å². The lowest BCUT2D eigenvalue weighted by molar-refractivity contribution is 0.163. The minimum Gasteiger partial charge on any atom is -0.303 e. The van der Waals surface area contributed by atoms with Crippen molar-refractivity contribution < 1.29 is 0 Å². The molecule has 1 rings (SSSR count). The summed E-state index contributed by atoms with van der Waals surface area (Å²) in [6, 6.07) is 3.65. The smallest absolute Gasteiger partial charge is 0.106 e. The predicted molar refractivity (Wildman–Crippen MR) is 90.2 cm³/mol. The Bertz CT molecular complexity index is 326. The average Bonchev–Trinajstić information content (AvgIpc) is 2.46. The van der Waals surface area contributed by atoms with Gasteiger partial charge < -0.3 is 4.90 Å². The van der Waals surface area contributed by atoms with Crippen molar-refractivity contribution in [2.24, 2.45) is 5.92 Å². The Kier molecular flexibility index (Phi) is 7.70. The molecule has 1 aliphatic rings. The third-order valence-corrected chi connectivity index (χ3v) is 5.11. The molecule has 0 amide bonds. The summed E-state index contributed by atoms with van der Waals surface area (Å²) < 4.78 is 0. The van der Waals surface area contributed by atoms with Crippen LogP contribution in [0.25, 0.3) is 0 Å². The second kappa shape index (κ2) is 8.76. The Morgan fingerprint density at radius 3 is 2.38 bits per heavy atom. The molecule has 0 radical (unpaired) electrons. The molecule has 21 heavy (non-hydrogen) atoms. The molecule has 0 aromatic heterocycles. The summed E-state index contributed by atoms with van der Waals surface area (Å²) in [7, 11) is 2.26. The van der Waals surface area contributed by atoms with E-state index in [1.807, 2.05) is 0 Å². The van der Waals surface area contributed by atoms with Crippen molar-refractivity contribution in [1.82, 2.24) is 10.2 Å². The quantitative estimate of drug-likeness (QED) is 0.736. The Hall–Kier alpha value is -0.590. The van der Waals surface area contributed by atoms with E-state index >= 15 is 0 Å². The van der Waals surface area contributed by atoms with Crippen LogP contribution in [0, 0.1) is 17.2 Å². The second-order valence-corrected chi connectivity index (χ2v) is 7.34. The van der Waals surface area contributed by atoms with Crippen molar-refractivity contribution in [3.05, 3.63) is 0 Å². The molecule has 1 atom stereocenters. The number of rotatable bonds is 8. The van der Waals surface area contributed by atoms with E-state index in [0.717, 1.165) is 37.8 Å². The van der Waals surface area contributed by atoms with Gasteiger partial charge in [-0.15, -0.1) is 0 Å². The molecular weight excluding hydrogens is 258 g/mol. The van der Waals surface area contributed by atoms with Crippen molar-refractivity contribution in [2.45, 2.75) is 90.3 Å². The zero-order valence-electron chi connectivity index (χ0n) is 14.8. The van der Waals surface area contributed by atoms with Crippen LogP contribution in [0.2, 0.25) is 0 Å². The van der Waals surface area contributed by atoms with Crippen LogP contribution in [0.1, 0.15) is 72.6 Å². The maximum atomic E-state index is 9.54. The fraction of sp³-hybridized carbons (Fsp3) is 0.944. The second-order valence-electron chi connectivity index (χ2n) is 7.34. The molecule has 122 valence electrons. The van der Waals surface area contributed by atoms with Gasteiger partial charge in [-0.05, 0) is 78.3 Å². The van der Waals surface area contributed by atoms with Gasteiger partial charge in [0.25, 0.3) is 0 Å². The van der Waals surface area contributed by atoms with Crippen LogP contribution in [0.5, 0.6) is 0 Å². The SMILES string of the molecule is CCC(C#N)(CCCN(C)C1CCC(C)CC1)NC(C)C. The summed E-state index contributed by atoms with van der Waals surface area (Å²) in [6.45, 7) is 9.84. The Labute approximate surface area is 132 Å². The van der Waals surface area contributed by atoms with Crippen molar-refractivity contribution in [3.8, 4) is 6.07 Å². The lowest BCUT2D eigenvalue weighted by Crippen LogP contribution is -2.47. The molecule has 0 aliphatic heterocycles. The van der Waals surface area contributed by atoms with Gasteiger partial charge in [0.1, 0.15) is 5.54 Å². The first-order valence-corrected chi connectivity index (χ1v) is 8.81. The van der Waals surface area contributed by atoms with Gasteiger partial charge in [0.05, 0.1) is 6.07 Å². The number of hydrogen-bond donors (Lipinski definition) is 1. The van der Waals surface area contributed by atoms with E-state index in [0.29, 0.717) is 6.04 Å². The Morgan fingerprint density at radius 2 is 1.90 bits per heavy atom. The molecule has 1 unspecified atom stereocenters. The average molecular weight is 293 g/mol. The first kappa shape index (κ1) is 18.5. The highest BCUT2D eigenvalue weighted by Crippen LogP contribution is 2.27. The summed E-state index contributed by atoms with van der Waals surface area (Å²) in [5.41, 5.74) is -0.337. The van der Waals surface area contributed by atoms with Crippen molar-refractivity contribution in [1.29, 1.82) is 5.26 Å². The summed E-state index contributed by atoms with van der Waals surface area (Å²) in [5.74, 6) is 0.913. The standard InChI is InChI=1S/C18H35N3/c1-6-18(14-19,20-15(2)3)12-7-13-21(5)17-10-8-16(4)9-11-17/h15-17,20H,6-13H2,1-5H3. The van der Waals surface area contributed by atoms with Gasteiger partial charge in [-0.2, -0.15) is 5.26 Å². The van der Waals surface area contributed by atoms with Gasteiger partial charge in [0, 0.05) is 12.1 Å². The predicted octanol–water partition coefficient (Wildman–Crippen LogP) is 3.95. The minimum atomic E-state index is -0.337. The monoisotopic (exact) mass is 293 g/mol. The van der Waals surface area contributed by atoms with Gasteiger partial charge in [0.15, 0.2) is 0 Å². The van der Waals surface area contributed by atoms with Crippen LogP contribution in [0.15, 0.2) is 0 Å². The lowest BCUT2D eigenvalue weighted by Gasteiger charge is -2.35. The number of nitrogens with one attached hydrogen (secondary N) is 1. The fourth-order valence-corrected chi connectivity index (χ4v) is 3.57. The maximum absolute atomic E-state index is 9.54. The van der Waals surface area contributed by atoms with Crippen LogP contribution in [0.3, 0.4) is 0 Å². The zero-order chi connectivity index (χ0) is 15.9. The van der Waals surface area contributed by atoms with E-state index in [2.05, 4.69) is 51.0 Å². The minimum absolute atomic E-state index is 0.337. The molecule has 1 aliphatic carbocycles. The molecule has 3 heteroatoms. The van der Waals surface area contributed by atoms with E-state index in [4.69, 9.17) is 0 Å². The van der Waals surface area contributed by atoms with Crippen molar-refractivity contribution in [2.75, 3.05) is 13.6 Å². The molecular formula is C18H35N3. The van der Waals surface area contributed by atoms with E-state index in [-0.39, 0.29) is 5.54 Å². The normalized spacial score (nSPS) is 25.8. The molecule has 0 spiro atoms. The molecule has 0 aromatic carbocycles. The number of nitriles is 1.